The molecule has 1 unspecified atom stereocenters. The van der Waals surface area contributed by atoms with Gasteiger partial charge in [0, 0.05) is 13.3 Å². The molecule has 0 aromatic carbocycles. The van der Waals surface area contributed by atoms with Gasteiger partial charge in [0.2, 0.25) is 6.29 Å². The molecule has 0 aliphatic carbocycles. The highest BCUT2D eigenvalue weighted by Gasteiger charge is 2.11. The third kappa shape index (κ3) is 9.97. The molecule has 1 atom stereocenters. The summed E-state index contributed by atoms with van der Waals surface area (Å²) in [4.78, 5) is 10.9. The van der Waals surface area contributed by atoms with E-state index in [0.717, 1.165) is 19.3 Å². The Morgan fingerprint density at radius 3 is 2.31 bits per heavy atom. The zero-order valence-electron chi connectivity index (χ0n) is 11.0. The van der Waals surface area contributed by atoms with Crippen molar-refractivity contribution in [2.45, 2.75) is 72.0 Å². The molecule has 0 saturated heterocycles. The summed E-state index contributed by atoms with van der Waals surface area (Å²) in [5.41, 5.74) is 0. The van der Waals surface area contributed by atoms with Gasteiger partial charge in [0.25, 0.3) is 0 Å². The topological polar surface area (TPSA) is 35.5 Å². The van der Waals surface area contributed by atoms with Crippen LogP contribution in [0.3, 0.4) is 0 Å². The molecule has 0 N–H and O–H groups in total. The molecule has 3 heteroatoms. The Hall–Kier alpha value is -0.570. The maximum absolute atomic E-state index is 10.9. The van der Waals surface area contributed by atoms with E-state index in [4.69, 9.17) is 9.47 Å². The SMILES string of the molecule is CCCCCCCC(OCCC)OC(C)=O. The van der Waals surface area contributed by atoms with E-state index in [1.807, 2.05) is 6.92 Å². The second kappa shape index (κ2) is 10.9. The van der Waals surface area contributed by atoms with Crippen LogP contribution in [-0.4, -0.2) is 18.9 Å². The van der Waals surface area contributed by atoms with Crippen molar-refractivity contribution < 1.29 is 14.3 Å². The highest BCUT2D eigenvalue weighted by molar-refractivity contribution is 5.66. The predicted molar refractivity (Wildman–Crippen MR) is 65.2 cm³/mol. The summed E-state index contributed by atoms with van der Waals surface area (Å²) >= 11 is 0. The summed E-state index contributed by atoms with van der Waals surface area (Å²) in [6.07, 6.45) is 7.50. The molecular weight excluding hydrogens is 204 g/mol. The number of unbranched alkanes of at least 4 members (excludes halogenated alkanes) is 4. The number of ether oxygens (including phenoxy) is 2. The van der Waals surface area contributed by atoms with Gasteiger partial charge in [0.1, 0.15) is 0 Å². The van der Waals surface area contributed by atoms with Gasteiger partial charge < -0.3 is 9.47 Å². The first-order chi connectivity index (χ1) is 7.70. The van der Waals surface area contributed by atoms with Crippen molar-refractivity contribution in [3.63, 3.8) is 0 Å². The summed E-state index contributed by atoms with van der Waals surface area (Å²) in [5.74, 6) is -0.255. The average molecular weight is 230 g/mol. The van der Waals surface area contributed by atoms with E-state index in [1.54, 1.807) is 0 Å². The van der Waals surface area contributed by atoms with Crippen molar-refractivity contribution in [1.29, 1.82) is 0 Å². The zero-order valence-corrected chi connectivity index (χ0v) is 11.0. The van der Waals surface area contributed by atoms with E-state index in [-0.39, 0.29) is 12.3 Å². The van der Waals surface area contributed by atoms with E-state index in [1.165, 1.54) is 32.6 Å². The van der Waals surface area contributed by atoms with Gasteiger partial charge >= 0.3 is 5.97 Å². The Labute approximate surface area is 99.5 Å². The first kappa shape index (κ1) is 15.4. The summed E-state index contributed by atoms with van der Waals surface area (Å²) in [6, 6.07) is 0. The molecule has 96 valence electrons. The minimum absolute atomic E-state index is 0.255. The molecule has 0 rings (SSSR count). The molecule has 16 heavy (non-hydrogen) atoms. The van der Waals surface area contributed by atoms with Gasteiger partial charge in [-0.2, -0.15) is 0 Å². The van der Waals surface area contributed by atoms with Crippen LogP contribution in [0.1, 0.15) is 65.7 Å². The first-order valence-corrected chi connectivity index (χ1v) is 6.49. The zero-order chi connectivity index (χ0) is 12.2. The fraction of sp³-hybridized carbons (Fsp3) is 0.923. The van der Waals surface area contributed by atoms with Gasteiger partial charge in [-0.1, -0.05) is 39.5 Å². The molecule has 3 nitrogen and oxygen atoms in total. The Bertz CT molecular complexity index is 169. The maximum atomic E-state index is 10.9. The quantitative estimate of drug-likeness (QED) is 0.326. The standard InChI is InChI=1S/C13H26O3/c1-4-6-7-8-9-10-13(15-11-5-2)16-12(3)14/h13H,4-11H2,1-3H3. The van der Waals surface area contributed by atoms with Crippen molar-refractivity contribution in [3.05, 3.63) is 0 Å². The van der Waals surface area contributed by atoms with Crippen molar-refractivity contribution in [2.24, 2.45) is 0 Å². The van der Waals surface area contributed by atoms with E-state index >= 15 is 0 Å². The highest BCUT2D eigenvalue weighted by Crippen LogP contribution is 2.11. The Balaban J connectivity index is 3.60. The monoisotopic (exact) mass is 230 g/mol. The Kier molecular flexibility index (Phi) is 10.5. The third-order valence-corrected chi connectivity index (χ3v) is 2.35. The van der Waals surface area contributed by atoms with Gasteiger partial charge in [-0.15, -0.1) is 0 Å². The Morgan fingerprint density at radius 2 is 1.75 bits per heavy atom. The Morgan fingerprint density at radius 1 is 1.06 bits per heavy atom. The fourth-order valence-electron chi connectivity index (χ4n) is 1.53. The summed E-state index contributed by atoms with van der Waals surface area (Å²) in [6.45, 7) is 6.34. The number of rotatable bonds is 10. The first-order valence-electron chi connectivity index (χ1n) is 6.49. The maximum Gasteiger partial charge on any atom is 0.304 e. The van der Waals surface area contributed by atoms with Crippen LogP contribution >= 0.6 is 0 Å². The lowest BCUT2D eigenvalue weighted by molar-refractivity contribution is -0.177. The lowest BCUT2D eigenvalue weighted by Crippen LogP contribution is -2.20. The van der Waals surface area contributed by atoms with Crippen molar-refractivity contribution in [1.82, 2.24) is 0 Å². The largest absolute Gasteiger partial charge is 0.436 e. The molecule has 0 amide bonds. The predicted octanol–water partition coefficient (Wildman–Crippen LogP) is 3.66. The molecular formula is C13H26O3. The molecule has 0 aliphatic heterocycles. The molecule has 0 heterocycles. The van der Waals surface area contributed by atoms with Crippen LogP contribution in [0.4, 0.5) is 0 Å². The molecule has 0 fully saturated rings. The third-order valence-electron chi connectivity index (χ3n) is 2.35. The molecule has 0 aromatic rings. The smallest absolute Gasteiger partial charge is 0.304 e. The van der Waals surface area contributed by atoms with Gasteiger partial charge in [-0.3, -0.25) is 4.79 Å². The molecule has 0 bridgehead atoms. The second-order valence-electron chi connectivity index (χ2n) is 4.11. The number of carbonyl (C=O) groups excluding carboxylic acids is 1. The average Bonchev–Trinajstić information content (AvgIpc) is 2.24. The van der Waals surface area contributed by atoms with Crippen LogP contribution < -0.4 is 0 Å². The summed E-state index contributed by atoms with van der Waals surface area (Å²) in [7, 11) is 0. The number of hydrogen-bond acceptors (Lipinski definition) is 3. The van der Waals surface area contributed by atoms with Gasteiger partial charge in [-0.25, -0.2) is 0 Å². The van der Waals surface area contributed by atoms with Crippen molar-refractivity contribution >= 4 is 5.97 Å². The van der Waals surface area contributed by atoms with Crippen LogP contribution in [0.25, 0.3) is 0 Å². The van der Waals surface area contributed by atoms with Crippen molar-refractivity contribution in [3.8, 4) is 0 Å². The second-order valence-corrected chi connectivity index (χ2v) is 4.11. The molecule has 0 aromatic heterocycles. The lowest BCUT2D eigenvalue weighted by Gasteiger charge is -2.17. The molecule has 0 spiro atoms. The minimum Gasteiger partial charge on any atom is -0.436 e. The molecule has 0 aliphatic rings. The van der Waals surface area contributed by atoms with Gasteiger partial charge in [-0.05, 0) is 12.8 Å². The highest BCUT2D eigenvalue weighted by atomic mass is 16.7. The lowest BCUT2D eigenvalue weighted by atomic mass is 10.1. The van der Waals surface area contributed by atoms with Crippen LogP contribution in [0, 0.1) is 0 Å². The van der Waals surface area contributed by atoms with Crippen LogP contribution in [0.5, 0.6) is 0 Å². The number of hydrogen-bond donors (Lipinski definition) is 0. The number of esters is 1. The number of carbonyl (C=O) groups is 1. The van der Waals surface area contributed by atoms with Gasteiger partial charge in [0.15, 0.2) is 0 Å². The van der Waals surface area contributed by atoms with Crippen LogP contribution in [-0.2, 0) is 14.3 Å². The molecule has 0 radical (unpaired) electrons. The minimum atomic E-state index is -0.334. The fourth-order valence-corrected chi connectivity index (χ4v) is 1.53. The van der Waals surface area contributed by atoms with E-state index in [2.05, 4.69) is 6.92 Å². The summed E-state index contributed by atoms with van der Waals surface area (Å²) in [5, 5.41) is 0. The van der Waals surface area contributed by atoms with E-state index < -0.39 is 0 Å². The van der Waals surface area contributed by atoms with E-state index in [9.17, 15) is 4.79 Å². The summed E-state index contributed by atoms with van der Waals surface area (Å²) < 4.78 is 10.6. The van der Waals surface area contributed by atoms with Crippen molar-refractivity contribution in [2.75, 3.05) is 6.61 Å². The van der Waals surface area contributed by atoms with Crippen LogP contribution in [0.2, 0.25) is 0 Å². The van der Waals surface area contributed by atoms with E-state index in [0.29, 0.717) is 6.61 Å². The van der Waals surface area contributed by atoms with Gasteiger partial charge in [0.05, 0.1) is 6.61 Å². The normalized spacial score (nSPS) is 12.4. The molecule has 0 saturated carbocycles. The van der Waals surface area contributed by atoms with Crippen LogP contribution in [0.15, 0.2) is 0 Å².